The molecule has 1 aromatic carbocycles. The monoisotopic (exact) mass is 362 g/mol. The van der Waals surface area contributed by atoms with Crippen molar-refractivity contribution in [3.05, 3.63) is 23.3 Å². The van der Waals surface area contributed by atoms with Gasteiger partial charge in [0.25, 0.3) is 0 Å². The Hall–Kier alpha value is -1.47. The van der Waals surface area contributed by atoms with Crippen molar-refractivity contribution in [3.63, 3.8) is 0 Å². The summed E-state index contributed by atoms with van der Waals surface area (Å²) in [6, 6.07) is 2.90. The van der Waals surface area contributed by atoms with E-state index in [1.165, 1.54) is 19.2 Å². The van der Waals surface area contributed by atoms with E-state index in [9.17, 15) is 18.3 Å². The van der Waals surface area contributed by atoms with Crippen molar-refractivity contribution in [2.45, 2.75) is 45.4 Å². The largest absolute Gasteiger partial charge is 0.496 e. The van der Waals surface area contributed by atoms with E-state index in [0.717, 1.165) is 13.1 Å². The van der Waals surface area contributed by atoms with E-state index in [4.69, 9.17) is 4.74 Å². The Bertz CT molecular complexity index is 564. The fourth-order valence-electron chi connectivity index (χ4n) is 2.70. The molecule has 25 heavy (non-hydrogen) atoms. The van der Waals surface area contributed by atoms with E-state index in [2.05, 4.69) is 17.1 Å². The predicted octanol–water partition coefficient (Wildman–Crippen LogP) is 3.92. The normalized spacial score (nSPS) is 14.5. The molecular weight excluding hydrogens is 333 g/mol. The molecule has 0 heterocycles. The maximum Gasteiger partial charge on any atom is 0.421 e. The van der Waals surface area contributed by atoms with E-state index in [0.29, 0.717) is 17.8 Å². The number of hydrogen-bond acceptors (Lipinski definition) is 4. The summed E-state index contributed by atoms with van der Waals surface area (Å²) in [7, 11) is 3.30. The van der Waals surface area contributed by atoms with Crippen LogP contribution in [0.1, 0.15) is 37.8 Å². The third-order valence-corrected chi connectivity index (χ3v) is 4.42. The second-order valence-electron chi connectivity index (χ2n) is 6.30. The number of nitrogens with one attached hydrogen (secondary N) is 1. The van der Waals surface area contributed by atoms with Crippen molar-refractivity contribution in [1.29, 1.82) is 0 Å². The molecule has 0 amide bonds. The Balaban J connectivity index is 3.20. The zero-order valence-electron chi connectivity index (χ0n) is 15.6. The van der Waals surface area contributed by atoms with E-state index in [1.54, 1.807) is 13.8 Å². The fourth-order valence-corrected chi connectivity index (χ4v) is 2.70. The van der Waals surface area contributed by atoms with Gasteiger partial charge in [0.2, 0.25) is 0 Å². The summed E-state index contributed by atoms with van der Waals surface area (Å²) < 4.78 is 45.8. The Morgan fingerprint density at radius 1 is 1.24 bits per heavy atom. The maximum absolute atomic E-state index is 13.5. The van der Waals surface area contributed by atoms with Gasteiger partial charge < -0.3 is 20.1 Å². The predicted molar refractivity (Wildman–Crippen MR) is 94.3 cm³/mol. The smallest absolute Gasteiger partial charge is 0.421 e. The van der Waals surface area contributed by atoms with Crippen LogP contribution in [0.5, 0.6) is 5.75 Å². The highest BCUT2D eigenvalue weighted by Gasteiger charge is 2.55. The fraction of sp³-hybridized carbons (Fsp3) is 0.667. The van der Waals surface area contributed by atoms with Gasteiger partial charge in [-0.15, -0.1) is 0 Å². The number of anilines is 1. The lowest BCUT2D eigenvalue weighted by Crippen LogP contribution is -2.42. The molecule has 0 saturated carbocycles. The molecule has 1 atom stereocenters. The number of rotatable bonds is 9. The van der Waals surface area contributed by atoms with E-state index < -0.39 is 18.2 Å². The summed E-state index contributed by atoms with van der Waals surface area (Å²) in [4.78, 5) is 2.12. The lowest BCUT2D eigenvalue weighted by Gasteiger charge is -2.32. The van der Waals surface area contributed by atoms with Crippen LogP contribution in [0.3, 0.4) is 0 Å². The first-order chi connectivity index (χ1) is 11.6. The van der Waals surface area contributed by atoms with E-state index in [-0.39, 0.29) is 17.7 Å². The first-order valence-electron chi connectivity index (χ1n) is 8.51. The number of halogens is 3. The van der Waals surface area contributed by atoms with Gasteiger partial charge in [-0.1, -0.05) is 20.3 Å². The number of aryl methyl sites for hydroxylation is 1. The van der Waals surface area contributed by atoms with Crippen LogP contribution in [0.15, 0.2) is 12.1 Å². The van der Waals surface area contributed by atoms with Gasteiger partial charge in [-0.25, -0.2) is 0 Å². The summed E-state index contributed by atoms with van der Waals surface area (Å²) in [5, 5.41) is 13.6. The molecule has 1 aromatic rings. The van der Waals surface area contributed by atoms with Crippen LogP contribution in [0.25, 0.3) is 0 Å². The molecule has 0 bridgehead atoms. The van der Waals surface area contributed by atoms with Gasteiger partial charge in [0.05, 0.1) is 7.11 Å². The first-order valence-corrected chi connectivity index (χ1v) is 8.51. The average Bonchev–Trinajstić information content (AvgIpc) is 2.54. The van der Waals surface area contributed by atoms with E-state index >= 15 is 0 Å². The molecule has 1 rings (SSSR count). The molecular formula is C18H29F3N2O2. The maximum atomic E-state index is 13.5. The van der Waals surface area contributed by atoms with Crippen molar-refractivity contribution >= 4 is 5.69 Å². The number of benzene rings is 1. The Kier molecular flexibility index (Phi) is 7.56. The molecule has 0 aromatic heterocycles. The zero-order chi connectivity index (χ0) is 19.3. The highest BCUT2D eigenvalue weighted by atomic mass is 19.4. The van der Waals surface area contributed by atoms with Gasteiger partial charge in [-0.2, -0.15) is 13.2 Å². The van der Waals surface area contributed by atoms with Crippen LogP contribution in [0.2, 0.25) is 0 Å². The molecule has 0 spiro atoms. The number of methoxy groups -OCH3 is 1. The van der Waals surface area contributed by atoms with Crippen molar-refractivity contribution in [2.75, 3.05) is 39.1 Å². The molecule has 1 unspecified atom stereocenters. The quantitative estimate of drug-likeness (QED) is 0.699. The molecule has 144 valence electrons. The first kappa shape index (κ1) is 21.6. The molecule has 7 heteroatoms. The van der Waals surface area contributed by atoms with Crippen molar-refractivity contribution in [1.82, 2.24) is 4.90 Å². The minimum atomic E-state index is -4.78. The standard InChI is InChI=1S/C18H29F3N2O2/c1-6-8-17(24,18(19,20)21)14-11-13(3)15(12-16(14)25-5)22-9-10-23(4)7-2/h11-12,22,24H,6-10H2,1-5H3. The zero-order valence-corrected chi connectivity index (χ0v) is 15.6. The lowest BCUT2D eigenvalue weighted by molar-refractivity contribution is -0.269. The van der Waals surface area contributed by atoms with Crippen LogP contribution >= 0.6 is 0 Å². The second-order valence-corrected chi connectivity index (χ2v) is 6.30. The molecule has 0 aliphatic heterocycles. The minimum absolute atomic E-state index is 0.0326. The molecule has 0 fully saturated rings. The number of ether oxygens (including phenoxy) is 1. The summed E-state index contributed by atoms with van der Waals surface area (Å²) in [5.41, 5.74) is -1.82. The molecule has 0 radical (unpaired) electrons. The van der Waals surface area contributed by atoms with Crippen molar-refractivity contribution in [2.24, 2.45) is 0 Å². The molecule has 4 nitrogen and oxygen atoms in total. The van der Waals surface area contributed by atoms with Gasteiger partial charge in [0.15, 0.2) is 5.60 Å². The van der Waals surface area contributed by atoms with Gasteiger partial charge >= 0.3 is 6.18 Å². The molecule has 0 aliphatic carbocycles. The number of aliphatic hydroxyl groups is 1. The SMILES string of the molecule is CCCC(O)(c1cc(C)c(NCCN(C)CC)cc1OC)C(F)(F)F. The van der Waals surface area contributed by atoms with Crippen molar-refractivity contribution < 1.29 is 23.0 Å². The van der Waals surface area contributed by atoms with Crippen LogP contribution in [-0.2, 0) is 5.60 Å². The third kappa shape index (κ3) is 5.01. The highest BCUT2D eigenvalue weighted by molar-refractivity contribution is 5.59. The average molecular weight is 362 g/mol. The molecule has 2 N–H and O–H groups in total. The second kappa shape index (κ2) is 8.76. The van der Waals surface area contributed by atoms with Gasteiger partial charge in [0.1, 0.15) is 5.75 Å². The molecule has 0 aliphatic rings. The summed E-state index contributed by atoms with van der Waals surface area (Å²) in [6.07, 6.45) is -5.00. The third-order valence-electron chi connectivity index (χ3n) is 4.42. The topological polar surface area (TPSA) is 44.7 Å². The van der Waals surface area contributed by atoms with Gasteiger partial charge in [-0.05, 0) is 38.6 Å². The van der Waals surface area contributed by atoms with Crippen LogP contribution in [0.4, 0.5) is 18.9 Å². The van der Waals surface area contributed by atoms with Gasteiger partial charge in [0, 0.05) is 30.4 Å². The summed E-state index contributed by atoms with van der Waals surface area (Å²) in [5.74, 6) is 0.0326. The molecule has 0 saturated heterocycles. The van der Waals surface area contributed by atoms with Crippen LogP contribution in [-0.4, -0.2) is 50.0 Å². The Morgan fingerprint density at radius 2 is 1.88 bits per heavy atom. The Labute approximate surface area is 148 Å². The summed E-state index contributed by atoms with van der Waals surface area (Å²) >= 11 is 0. The van der Waals surface area contributed by atoms with Crippen molar-refractivity contribution in [3.8, 4) is 5.75 Å². The summed E-state index contributed by atoms with van der Waals surface area (Å²) in [6.45, 7) is 7.76. The van der Waals surface area contributed by atoms with Crippen LogP contribution < -0.4 is 10.1 Å². The number of alkyl halides is 3. The van der Waals surface area contributed by atoms with Crippen LogP contribution in [0, 0.1) is 6.92 Å². The number of hydrogen-bond donors (Lipinski definition) is 2. The van der Waals surface area contributed by atoms with E-state index in [1.807, 2.05) is 7.05 Å². The lowest BCUT2D eigenvalue weighted by atomic mass is 9.86. The number of nitrogens with zero attached hydrogens (tertiary/aromatic N) is 1. The number of likely N-dealkylation sites (N-methyl/N-ethyl adjacent to an activating group) is 1. The Morgan fingerprint density at radius 3 is 2.36 bits per heavy atom. The van der Waals surface area contributed by atoms with Gasteiger partial charge in [-0.3, -0.25) is 0 Å². The highest BCUT2D eigenvalue weighted by Crippen LogP contribution is 2.46. The minimum Gasteiger partial charge on any atom is -0.496 e.